The van der Waals surface area contributed by atoms with E-state index in [-0.39, 0.29) is 25.9 Å². The highest BCUT2D eigenvalue weighted by Crippen LogP contribution is 2.14. The Labute approximate surface area is 239 Å². The molecule has 12 heteroatoms. The Bertz CT molecular complexity index is 783. The van der Waals surface area contributed by atoms with Crippen molar-refractivity contribution < 1.29 is 43.1 Å². The lowest BCUT2D eigenvalue weighted by molar-refractivity contribution is -0.175. The van der Waals surface area contributed by atoms with E-state index in [0.29, 0.717) is 6.61 Å². The van der Waals surface area contributed by atoms with Crippen molar-refractivity contribution in [3.8, 4) is 0 Å². The molecule has 0 fully saturated rings. The number of hydrogen-bond acceptors (Lipinski definition) is 10. The lowest BCUT2D eigenvalue weighted by Gasteiger charge is -2.27. The quantitative estimate of drug-likeness (QED) is 0.0994. The molecular weight excluding hydrogens is 522 g/mol. The predicted molar refractivity (Wildman–Crippen MR) is 150 cm³/mol. The Morgan fingerprint density at radius 2 is 1.10 bits per heavy atom. The van der Waals surface area contributed by atoms with Crippen molar-refractivity contribution in [1.82, 2.24) is 16.3 Å². The number of carbonyl (C=O) groups is 4. The highest BCUT2D eigenvalue weighted by atomic mass is 16.9. The van der Waals surface area contributed by atoms with Gasteiger partial charge in [0, 0.05) is 12.8 Å². The van der Waals surface area contributed by atoms with Gasteiger partial charge in [-0.1, -0.05) is 31.8 Å². The first-order valence-corrected chi connectivity index (χ1v) is 14.1. The zero-order chi connectivity index (χ0) is 31.0. The van der Waals surface area contributed by atoms with Gasteiger partial charge in [0.1, 0.15) is 28.9 Å². The number of ether oxygens (including phenoxy) is 3. The standard InChI is InChI=1S/C28H53N3O9/c1-11-12-13-14-18-36-31-37-19-17-21(24(34)40-28(8,9)10)30-25(35)29-20(23(33)39-27(5,6)7)15-16-22(32)38-26(2,3)4/h20-21,31H,11-19H2,1-10H3,(H2,29,30,35)/t20-,21-/m0/s1. The third-order valence-corrected chi connectivity index (χ3v) is 4.78. The van der Waals surface area contributed by atoms with Crippen LogP contribution in [0.1, 0.15) is 114 Å². The van der Waals surface area contributed by atoms with Crippen molar-refractivity contribution in [2.45, 2.75) is 143 Å². The molecule has 0 saturated carbocycles. The minimum atomic E-state index is -1.16. The average molecular weight is 576 g/mol. The van der Waals surface area contributed by atoms with Crippen LogP contribution in [-0.2, 0) is 38.3 Å². The molecule has 0 radical (unpaired) electrons. The molecule has 2 amide bonds. The van der Waals surface area contributed by atoms with Crippen LogP contribution < -0.4 is 16.3 Å². The second kappa shape index (κ2) is 18.1. The monoisotopic (exact) mass is 575 g/mol. The van der Waals surface area contributed by atoms with Crippen LogP contribution in [0.25, 0.3) is 0 Å². The Balaban J connectivity index is 5.23. The van der Waals surface area contributed by atoms with Gasteiger partial charge >= 0.3 is 23.9 Å². The summed E-state index contributed by atoms with van der Waals surface area (Å²) in [7, 11) is 0. The summed E-state index contributed by atoms with van der Waals surface area (Å²) in [6.07, 6.45) is 4.07. The van der Waals surface area contributed by atoms with Crippen molar-refractivity contribution in [3.05, 3.63) is 0 Å². The highest BCUT2D eigenvalue weighted by molar-refractivity contribution is 5.87. The molecule has 0 aliphatic carbocycles. The van der Waals surface area contributed by atoms with Gasteiger partial charge in [-0.15, -0.1) is 0 Å². The van der Waals surface area contributed by atoms with Crippen molar-refractivity contribution >= 4 is 23.9 Å². The van der Waals surface area contributed by atoms with Crippen molar-refractivity contribution in [2.24, 2.45) is 0 Å². The van der Waals surface area contributed by atoms with E-state index in [1.807, 2.05) is 0 Å². The number of nitrogens with one attached hydrogen (secondary N) is 3. The molecule has 0 spiro atoms. The molecule has 0 saturated heterocycles. The number of hydrogen-bond donors (Lipinski definition) is 3. The lowest BCUT2D eigenvalue weighted by atomic mass is 10.1. The van der Waals surface area contributed by atoms with E-state index in [9.17, 15) is 19.2 Å². The summed E-state index contributed by atoms with van der Waals surface area (Å²) >= 11 is 0. The molecule has 0 bridgehead atoms. The van der Waals surface area contributed by atoms with Crippen LogP contribution in [0.2, 0.25) is 0 Å². The Morgan fingerprint density at radius 1 is 0.625 bits per heavy atom. The largest absolute Gasteiger partial charge is 0.460 e. The first-order valence-electron chi connectivity index (χ1n) is 14.1. The van der Waals surface area contributed by atoms with E-state index in [0.717, 1.165) is 25.7 Å². The third kappa shape index (κ3) is 21.4. The fourth-order valence-electron chi connectivity index (χ4n) is 3.16. The van der Waals surface area contributed by atoms with Crippen LogP contribution in [0.3, 0.4) is 0 Å². The van der Waals surface area contributed by atoms with Gasteiger partial charge in [-0.25, -0.2) is 14.4 Å². The summed E-state index contributed by atoms with van der Waals surface area (Å²) in [4.78, 5) is 61.2. The number of carbonyl (C=O) groups excluding carboxylic acids is 4. The summed E-state index contributed by atoms with van der Waals surface area (Å²) in [5.41, 5.74) is 0.0818. The van der Waals surface area contributed by atoms with Gasteiger partial charge in [-0.3, -0.25) is 14.5 Å². The Kier molecular flexibility index (Phi) is 17.0. The topological polar surface area (TPSA) is 151 Å². The lowest BCUT2D eigenvalue weighted by Crippen LogP contribution is -2.53. The molecule has 0 aliphatic rings. The smallest absolute Gasteiger partial charge is 0.329 e. The highest BCUT2D eigenvalue weighted by Gasteiger charge is 2.31. The van der Waals surface area contributed by atoms with Crippen LogP contribution in [0, 0.1) is 0 Å². The molecule has 12 nitrogen and oxygen atoms in total. The number of urea groups is 1. The minimum absolute atomic E-state index is 0.0211. The van der Waals surface area contributed by atoms with E-state index in [4.69, 9.17) is 23.9 Å². The van der Waals surface area contributed by atoms with E-state index in [1.54, 1.807) is 62.3 Å². The molecule has 3 N–H and O–H groups in total. The minimum Gasteiger partial charge on any atom is -0.460 e. The molecule has 0 heterocycles. The fourth-order valence-corrected chi connectivity index (χ4v) is 3.16. The molecule has 0 aromatic rings. The molecule has 0 rings (SSSR count). The molecule has 0 unspecified atom stereocenters. The Morgan fingerprint density at radius 3 is 1.57 bits per heavy atom. The summed E-state index contributed by atoms with van der Waals surface area (Å²) in [5.74, 6) is -1.91. The average Bonchev–Trinajstić information content (AvgIpc) is 2.76. The summed E-state index contributed by atoms with van der Waals surface area (Å²) in [6, 6.07) is -3.06. The number of esters is 3. The second-order valence-corrected chi connectivity index (χ2v) is 12.5. The predicted octanol–water partition coefficient (Wildman–Crippen LogP) is 4.25. The summed E-state index contributed by atoms with van der Waals surface area (Å²) in [5, 5.41) is 5.06. The third-order valence-electron chi connectivity index (χ3n) is 4.78. The first kappa shape index (κ1) is 37.6. The van der Waals surface area contributed by atoms with E-state index in [2.05, 4.69) is 23.2 Å². The van der Waals surface area contributed by atoms with Crippen LogP contribution >= 0.6 is 0 Å². The first-order chi connectivity index (χ1) is 18.3. The molecule has 0 aliphatic heterocycles. The van der Waals surface area contributed by atoms with Crippen LogP contribution in [0.5, 0.6) is 0 Å². The van der Waals surface area contributed by atoms with Gasteiger partial charge in [-0.05, 0) is 75.2 Å². The second-order valence-electron chi connectivity index (χ2n) is 12.5. The number of amides is 2. The van der Waals surface area contributed by atoms with Gasteiger partial charge in [0.2, 0.25) is 0 Å². The van der Waals surface area contributed by atoms with Gasteiger partial charge in [-0.2, -0.15) is 0 Å². The zero-order valence-electron chi connectivity index (χ0n) is 26.2. The maximum atomic E-state index is 12.9. The maximum absolute atomic E-state index is 12.9. The van der Waals surface area contributed by atoms with Gasteiger partial charge in [0.15, 0.2) is 0 Å². The van der Waals surface area contributed by atoms with Crippen LogP contribution in [-0.4, -0.2) is 66.0 Å². The van der Waals surface area contributed by atoms with Crippen molar-refractivity contribution in [2.75, 3.05) is 13.2 Å². The van der Waals surface area contributed by atoms with E-state index < -0.39 is 52.8 Å². The summed E-state index contributed by atoms with van der Waals surface area (Å²) < 4.78 is 16.2. The zero-order valence-corrected chi connectivity index (χ0v) is 26.2. The van der Waals surface area contributed by atoms with Gasteiger partial charge < -0.3 is 24.8 Å². The molecule has 40 heavy (non-hydrogen) atoms. The molecule has 0 aromatic heterocycles. The maximum Gasteiger partial charge on any atom is 0.329 e. The fraction of sp³-hybridized carbons (Fsp3) is 0.857. The Hall–Kier alpha value is -2.44. The van der Waals surface area contributed by atoms with Crippen molar-refractivity contribution in [1.29, 1.82) is 0 Å². The van der Waals surface area contributed by atoms with E-state index in [1.165, 1.54) is 0 Å². The van der Waals surface area contributed by atoms with E-state index >= 15 is 0 Å². The summed E-state index contributed by atoms with van der Waals surface area (Å²) in [6.45, 7) is 18.0. The molecule has 234 valence electrons. The van der Waals surface area contributed by atoms with Crippen LogP contribution in [0.15, 0.2) is 0 Å². The van der Waals surface area contributed by atoms with Gasteiger partial charge in [0.25, 0.3) is 0 Å². The number of unbranched alkanes of at least 4 members (excludes halogenated alkanes) is 3. The van der Waals surface area contributed by atoms with Crippen LogP contribution in [0.4, 0.5) is 4.79 Å². The van der Waals surface area contributed by atoms with Gasteiger partial charge in [0.05, 0.1) is 13.2 Å². The SMILES string of the molecule is CCCCCCONOCC[C@H](NC(=O)N[C@@H](CCC(=O)OC(C)(C)C)C(=O)OC(C)(C)C)C(=O)OC(C)(C)C. The normalized spacial score (nSPS) is 13.7. The number of rotatable bonds is 17. The molecule has 2 atom stereocenters. The molecular formula is C28H53N3O9. The molecule has 0 aromatic carbocycles. The van der Waals surface area contributed by atoms with Crippen molar-refractivity contribution in [3.63, 3.8) is 0 Å².